The first-order chi connectivity index (χ1) is 22.7. The highest BCUT2D eigenvalue weighted by Crippen LogP contribution is 2.41. The van der Waals surface area contributed by atoms with Gasteiger partial charge in [-0.05, 0) is 54.0 Å². The molecule has 0 radical (unpaired) electrons. The number of aryl methyl sites for hydroxylation is 1. The molecule has 13 heteroatoms. The van der Waals surface area contributed by atoms with Crippen LogP contribution in [0.5, 0.6) is 5.75 Å². The highest BCUT2D eigenvalue weighted by atomic mass is 79.9. The highest BCUT2D eigenvalue weighted by molar-refractivity contribution is 9.10. The number of benzene rings is 2. The Balaban J connectivity index is 1.27. The van der Waals surface area contributed by atoms with Crippen molar-refractivity contribution in [1.82, 2.24) is 34.4 Å². The fourth-order valence-electron chi connectivity index (χ4n) is 6.33. The number of ether oxygens (including phenoxy) is 1. The van der Waals surface area contributed by atoms with Gasteiger partial charge >= 0.3 is 0 Å². The first-order valence-electron chi connectivity index (χ1n) is 16.0. The number of amides is 1. The van der Waals surface area contributed by atoms with E-state index in [1.54, 1.807) is 38.4 Å². The van der Waals surface area contributed by atoms with E-state index >= 15 is 0 Å². The zero-order chi connectivity index (χ0) is 33.1. The number of piperazine rings is 1. The number of aromatic nitrogens is 4. The minimum atomic E-state index is -0.104. The van der Waals surface area contributed by atoms with Gasteiger partial charge in [0.2, 0.25) is 5.95 Å². The first kappa shape index (κ1) is 32.7. The van der Waals surface area contributed by atoms with Crippen LogP contribution in [0.25, 0.3) is 11.1 Å². The van der Waals surface area contributed by atoms with Crippen molar-refractivity contribution in [3.8, 4) is 16.9 Å². The number of nitrogens with zero attached hydrogens (tertiary/aromatic N) is 8. The number of carbonyl (C=O) groups excluding carboxylic acids is 1. The molecule has 0 unspecified atom stereocenters. The quantitative estimate of drug-likeness (QED) is 0.246. The molecule has 1 amide bonds. The number of hydrogen-bond acceptors (Lipinski definition) is 10. The van der Waals surface area contributed by atoms with Gasteiger partial charge < -0.3 is 30.1 Å². The molecule has 0 atom stereocenters. The molecular weight excluding hydrogens is 660 g/mol. The van der Waals surface area contributed by atoms with Crippen LogP contribution in [-0.2, 0) is 7.05 Å². The van der Waals surface area contributed by atoms with Crippen molar-refractivity contribution >= 4 is 50.7 Å². The van der Waals surface area contributed by atoms with Gasteiger partial charge in [0.05, 0.1) is 34.7 Å². The normalized spacial score (nSPS) is 16.3. The number of rotatable bonds is 9. The lowest BCUT2D eigenvalue weighted by Crippen LogP contribution is -2.52. The second-order valence-corrected chi connectivity index (χ2v) is 13.3. The SMILES string of the molecule is COc1cc(N2CCC(N3CCN(C)CC3)CC2)c(-c2cnn(C)c2)cc1Nc1ncc(Br)c(Nc2ccccc2C(=O)N(C)C)n1. The van der Waals surface area contributed by atoms with Crippen LogP contribution in [0.2, 0.25) is 0 Å². The zero-order valence-electron chi connectivity index (χ0n) is 27.7. The van der Waals surface area contributed by atoms with Crippen molar-refractivity contribution < 1.29 is 9.53 Å². The minimum absolute atomic E-state index is 0.104. The number of anilines is 5. The van der Waals surface area contributed by atoms with Gasteiger partial charge in [0, 0.05) is 102 Å². The van der Waals surface area contributed by atoms with Crippen LogP contribution in [-0.4, -0.2) is 114 Å². The summed E-state index contributed by atoms with van der Waals surface area (Å²) in [5.74, 6) is 1.49. The Labute approximate surface area is 284 Å². The van der Waals surface area contributed by atoms with E-state index in [9.17, 15) is 4.79 Å². The summed E-state index contributed by atoms with van der Waals surface area (Å²) in [7, 11) is 9.29. The van der Waals surface area contributed by atoms with E-state index in [2.05, 4.69) is 70.5 Å². The maximum absolute atomic E-state index is 12.8. The number of likely N-dealkylation sites (N-methyl/N-ethyl adjacent to an activating group) is 1. The van der Waals surface area contributed by atoms with E-state index in [-0.39, 0.29) is 5.91 Å². The van der Waals surface area contributed by atoms with Gasteiger partial charge in [0.25, 0.3) is 5.91 Å². The second-order valence-electron chi connectivity index (χ2n) is 12.4. The molecule has 2 saturated heterocycles. The standard InChI is InChI=1S/C34H43BrN10O2/c1-41(2)33(46)25-8-6-7-9-28(25)38-32-27(35)21-36-34(40-32)39-29-18-26(23-20-37-43(4)22-23)30(19-31(29)47-5)45-12-10-24(11-13-45)44-16-14-42(3)15-17-44/h6-9,18-22,24H,10-17H2,1-5H3,(H2,36,38,39,40). The third-order valence-corrected chi connectivity index (χ3v) is 9.58. The van der Waals surface area contributed by atoms with E-state index in [0.717, 1.165) is 74.6 Å². The molecule has 4 heterocycles. The predicted molar refractivity (Wildman–Crippen MR) is 190 cm³/mol. The lowest BCUT2D eigenvalue weighted by Gasteiger charge is -2.43. The number of halogens is 1. The molecule has 0 bridgehead atoms. The smallest absolute Gasteiger partial charge is 0.255 e. The summed E-state index contributed by atoms with van der Waals surface area (Å²) in [6.07, 6.45) is 7.88. The Morgan fingerprint density at radius 2 is 1.72 bits per heavy atom. The molecule has 2 aromatic carbocycles. The van der Waals surface area contributed by atoms with Gasteiger partial charge in [-0.15, -0.1) is 0 Å². The van der Waals surface area contributed by atoms with Crippen LogP contribution in [0, 0.1) is 0 Å². The lowest BCUT2D eigenvalue weighted by molar-refractivity contribution is 0.0828. The van der Waals surface area contributed by atoms with Crippen LogP contribution in [0.4, 0.5) is 28.8 Å². The summed E-state index contributed by atoms with van der Waals surface area (Å²) < 4.78 is 8.42. The third kappa shape index (κ3) is 7.37. The number of carbonyl (C=O) groups is 1. The lowest BCUT2D eigenvalue weighted by atomic mass is 9.98. The van der Waals surface area contributed by atoms with Gasteiger partial charge in [0.1, 0.15) is 11.6 Å². The molecule has 2 N–H and O–H groups in total. The van der Waals surface area contributed by atoms with Crippen LogP contribution in [0.3, 0.4) is 0 Å². The molecular formula is C34H43BrN10O2. The molecule has 4 aromatic rings. The van der Waals surface area contributed by atoms with Gasteiger partial charge in [-0.2, -0.15) is 10.1 Å². The van der Waals surface area contributed by atoms with Gasteiger partial charge in [-0.1, -0.05) is 12.1 Å². The molecule has 248 valence electrons. The monoisotopic (exact) mass is 702 g/mol. The predicted octanol–water partition coefficient (Wildman–Crippen LogP) is 5.05. The number of nitrogens with one attached hydrogen (secondary N) is 2. The average molecular weight is 704 g/mol. The summed E-state index contributed by atoms with van der Waals surface area (Å²) in [6.45, 7) is 6.52. The van der Waals surface area contributed by atoms with Crippen molar-refractivity contribution in [2.75, 3.05) is 83.1 Å². The highest BCUT2D eigenvalue weighted by Gasteiger charge is 2.29. The van der Waals surface area contributed by atoms with Crippen LogP contribution in [0.1, 0.15) is 23.2 Å². The van der Waals surface area contributed by atoms with Crippen LogP contribution in [0.15, 0.2) is 59.5 Å². The largest absolute Gasteiger partial charge is 0.494 e. The summed E-state index contributed by atoms with van der Waals surface area (Å²) >= 11 is 3.57. The number of piperidine rings is 1. The zero-order valence-corrected chi connectivity index (χ0v) is 29.3. The number of hydrogen-bond donors (Lipinski definition) is 2. The van der Waals surface area contributed by atoms with Crippen LogP contribution < -0.4 is 20.3 Å². The molecule has 2 aliphatic rings. The Morgan fingerprint density at radius 3 is 2.40 bits per heavy atom. The van der Waals surface area contributed by atoms with Crippen molar-refractivity contribution in [2.45, 2.75) is 18.9 Å². The van der Waals surface area contributed by atoms with Gasteiger partial charge in [-0.3, -0.25) is 14.4 Å². The second kappa shape index (κ2) is 14.3. The third-order valence-electron chi connectivity index (χ3n) is 9.00. The van der Waals surface area contributed by atoms with Gasteiger partial charge in [0.15, 0.2) is 0 Å². The van der Waals surface area contributed by atoms with E-state index in [4.69, 9.17) is 9.72 Å². The molecule has 2 aliphatic heterocycles. The molecule has 0 saturated carbocycles. The summed E-state index contributed by atoms with van der Waals surface area (Å²) in [4.78, 5) is 31.2. The molecule has 2 fully saturated rings. The molecule has 47 heavy (non-hydrogen) atoms. The van der Waals surface area contributed by atoms with Crippen LogP contribution >= 0.6 is 15.9 Å². The summed E-state index contributed by atoms with van der Waals surface area (Å²) in [5.41, 5.74) is 5.14. The molecule has 12 nitrogen and oxygen atoms in total. The van der Waals surface area contributed by atoms with Crippen molar-refractivity contribution in [1.29, 1.82) is 0 Å². The summed E-state index contributed by atoms with van der Waals surface area (Å²) in [6, 6.07) is 12.2. The van der Waals surface area contributed by atoms with Crippen molar-refractivity contribution in [2.24, 2.45) is 7.05 Å². The van der Waals surface area contributed by atoms with Crippen molar-refractivity contribution in [3.63, 3.8) is 0 Å². The molecule has 2 aromatic heterocycles. The average Bonchev–Trinajstić information content (AvgIpc) is 3.52. The van der Waals surface area contributed by atoms with E-state index in [1.165, 1.54) is 0 Å². The van der Waals surface area contributed by atoms with Gasteiger partial charge in [-0.25, -0.2) is 4.98 Å². The Bertz CT molecular complexity index is 1710. The van der Waals surface area contributed by atoms with E-state index in [0.29, 0.717) is 39.3 Å². The fourth-order valence-corrected chi connectivity index (χ4v) is 6.62. The van der Waals surface area contributed by atoms with E-state index in [1.807, 2.05) is 42.3 Å². The topological polar surface area (TPSA) is 107 Å². The fraction of sp³-hybridized carbons (Fsp3) is 0.412. The Morgan fingerprint density at radius 1 is 0.979 bits per heavy atom. The molecule has 6 rings (SSSR count). The number of methoxy groups -OCH3 is 1. The molecule has 0 spiro atoms. The number of para-hydroxylation sites is 1. The maximum atomic E-state index is 12.8. The minimum Gasteiger partial charge on any atom is -0.494 e. The first-order valence-corrected chi connectivity index (χ1v) is 16.8. The molecule has 0 aliphatic carbocycles. The Hall–Kier alpha value is -4.20. The maximum Gasteiger partial charge on any atom is 0.255 e. The van der Waals surface area contributed by atoms with E-state index < -0.39 is 0 Å². The summed E-state index contributed by atoms with van der Waals surface area (Å²) in [5, 5.41) is 11.2. The Kier molecular flexibility index (Phi) is 9.95. The van der Waals surface area contributed by atoms with Crippen molar-refractivity contribution in [3.05, 3.63) is 65.0 Å².